The van der Waals surface area contributed by atoms with Gasteiger partial charge in [0, 0.05) is 24.2 Å². The second-order valence-electron chi connectivity index (χ2n) is 5.38. The first kappa shape index (κ1) is 14.9. The molecule has 1 aromatic heterocycles. The first-order chi connectivity index (χ1) is 11.1. The Morgan fingerprint density at radius 1 is 1.22 bits per heavy atom. The van der Waals surface area contributed by atoms with Gasteiger partial charge in [0.1, 0.15) is 5.69 Å². The number of hydrogen-bond donors (Lipinski definition) is 2. The van der Waals surface area contributed by atoms with Crippen LogP contribution >= 0.6 is 0 Å². The Bertz CT molecular complexity index is 754. The number of benzene rings is 1. The van der Waals surface area contributed by atoms with Crippen molar-refractivity contribution in [3.05, 3.63) is 59.9 Å². The third-order valence-electron chi connectivity index (χ3n) is 3.60. The van der Waals surface area contributed by atoms with Crippen molar-refractivity contribution in [2.75, 3.05) is 5.32 Å². The summed E-state index contributed by atoms with van der Waals surface area (Å²) in [6, 6.07) is 12.6. The minimum absolute atomic E-state index is 0.0673. The van der Waals surface area contributed by atoms with Gasteiger partial charge in [-0.05, 0) is 29.8 Å². The van der Waals surface area contributed by atoms with E-state index in [2.05, 4.69) is 20.8 Å². The van der Waals surface area contributed by atoms with Gasteiger partial charge in [-0.3, -0.25) is 14.6 Å². The van der Waals surface area contributed by atoms with Crippen molar-refractivity contribution < 1.29 is 9.59 Å². The van der Waals surface area contributed by atoms with Crippen molar-refractivity contribution in [2.24, 2.45) is 11.0 Å². The molecule has 1 atom stereocenters. The van der Waals surface area contributed by atoms with Crippen LogP contribution in [-0.4, -0.2) is 22.5 Å². The number of aromatic nitrogens is 1. The van der Waals surface area contributed by atoms with Gasteiger partial charge < -0.3 is 5.32 Å². The number of anilines is 1. The number of hydrazone groups is 1. The SMILES string of the molecule is CC1CC(=O)NN=C1c1ccc(NC(=O)c2ccccn2)cc1. The summed E-state index contributed by atoms with van der Waals surface area (Å²) in [5, 5.41) is 6.92. The summed E-state index contributed by atoms with van der Waals surface area (Å²) >= 11 is 0. The normalized spacial score (nSPS) is 17.2. The Morgan fingerprint density at radius 2 is 2.00 bits per heavy atom. The van der Waals surface area contributed by atoms with Crippen LogP contribution in [0.3, 0.4) is 0 Å². The molecule has 2 heterocycles. The highest BCUT2D eigenvalue weighted by atomic mass is 16.2. The van der Waals surface area contributed by atoms with Crippen molar-refractivity contribution in [2.45, 2.75) is 13.3 Å². The first-order valence-corrected chi connectivity index (χ1v) is 7.33. The lowest BCUT2D eigenvalue weighted by molar-refractivity contribution is -0.121. The van der Waals surface area contributed by atoms with E-state index < -0.39 is 0 Å². The number of carbonyl (C=O) groups is 2. The van der Waals surface area contributed by atoms with Crippen LogP contribution in [0.15, 0.2) is 53.8 Å². The van der Waals surface area contributed by atoms with Gasteiger partial charge in [0.25, 0.3) is 5.91 Å². The van der Waals surface area contributed by atoms with Gasteiger partial charge in [-0.1, -0.05) is 25.1 Å². The molecule has 0 spiro atoms. The largest absolute Gasteiger partial charge is 0.321 e. The number of nitrogens with zero attached hydrogens (tertiary/aromatic N) is 2. The van der Waals surface area contributed by atoms with Crippen LogP contribution in [0, 0.1) is 5.92 Å². The molecule has 1 aliphatic rings. The predicted molar refractivity (Wildman–Crippen MR) is 87.1 cm³/mol. The zero-order chi connectivity index (χ0) is 16.2. The monoisotopic (exact) mass is 308 g/mol. The molecule has 1 aromatic carbocycles. The van der Waals surface area contributed by atoms with Crippen molar-refractivity contribution in [1.29, 1.82) is 0 Å². The molecule has 2 aromatic rings. The minimum atomic E-state index is -0.256. The van der Waals surface area contributed by atoms with Crippen LogP contribution in [0.4, 0.5) is 5.69 Å². The van der Waals surface area contributed by atoms with Crippen molar-refractivity contribution in [1.82, 2.24) is 10.4 Å². The fourth-order valence-electron chi connectivity index (χ4n) is 2.42. The lowest BCUT2D eigenvalue weighted by atomic mass is 9.94. The molecule has 0 saturated heterocycles. The molecule has 0 saturated carbocycles. The zero-order valence-electron chi connectivity index (χ0n) is 12.6. The fraction of sp³-hybridized carbons (Fsp3) is 0.176. The number of pyridine rings is 1. The smallest absolute Gasteiger partial charge is 0.274 e. The molecule has 0 bridgehead atoms. The van der Waals surface area contributed by atoms with E-state index in [9.17, 15) is 9.59 Å². The zero-order valence-corrected chi connectivity index (χ0v) is 12.6. The van der Waals surface area contributed by atoms with Gasteiger partial charge in [0.05, 0.1) is 5.71 Å². The average molecular weight is 308 g/mol. The number of nitrogens with one attached hydrogen (secondary N) is 2. The lowest BCUT2D eigenvalue weighted by Gasteiger charge is -2.19. The highest BCUT2D eigenvalue weighted by Crippen LogP contribution is 2.18. The van der Waals surface area contributed by atoms with Gasteiger partial charge in [-0.15, -0.1) is 0 Å². The molecule has 2 amide bonds. The minimum Gasteiger partial charge on any atom is -0.321 e. The summed E-state index contributed by atoms with van der Waals surface area (Å²) < 4.78 is 0. The molecule has 6 heteroatoms. The van der Waals surface area contributed by atoms with Crippen molar-refractivity contribution in [3.63, 3.8) is 0 Å². The first-order valence-electron chi connectivity index (χ1n) is 7.33. The van der Waals surface area contributed by atoms with E-state index in [0.717, 1.165) is 11.3 Å². The van der Waals surface area contributed by atoms with E-state index in [-0.39, 0.29) is 17.7 Å². The van der Waals surface area contributed by atoms with E-state index in [4.69, 9.17) is 0 Å². The van der Waals surface area contributed by atoms with Gasteiger partial charge in [-0.2, -0.15) is 5.10 Å². The van der Waals surface area contributed by atoms with Gasteiger partial charge in [0.2, 0.25) is 5.91 Å². The van der Waals surface area contributed by atoms with Gasteiger partial charge in [-0.25, -0.2) is 5.43 Å². The molecule has 23 heavy (non-hydrogen) atoms. The van der Waals surface area contributed by atoms with E-state index >= 15 is 0 Å². The van der Waals surface area contributed by atoms with Crippen LogP contribution < -0.4 is 10.7 Å². The highest BCUT2D eigenvalue weighted by molar-refractivity contribution is 6.06. The van der Waals surface area contributed by atoms with Crippen LogP contribution in [0.25, 0.3) is 0 Å². The number of amides is 2. The molecule has 116 valence electrons. The van der Waals surface area contributed by atoms with Crippen molar-refractivity contribution in [3.8, 4) is 0 Å². The van der Waals surface area contributed by atoms with Crippen LogP contribution in [0.1, 0.15) is 29.4 Å². The average Bonchev–Trinajstić information content (AvgIpc) is 2.57. The predicted octanol–water partition coefficient (Wildman–Crippen LogP) is 2.19. The molecule has 3 rings (SSSR count). The van der Waals surface area contributed by atoms with Crippen LogP contribution in [0.2, 0.25) is 0 Å². The third-order valence-corrected chi connectivity index (χ3v) is 3.60. The van der Waals surface area contributed by atoms with E-state index in [1.807, 2.05) is 31.2 Å². The van der Waals surface area contributed by atoms with Crippen LogP contribution in [0.5, 0.6) is 0 Å². The molecule has 6 nitrogen and oxygen atoms in total. The fourth-order valence-corrected chi connectivity index (χ4v) is 2.42. The molecule has 0 radical (unpaired) electrons. The van der Waals surface area contributed by atoms with Gasteiger partial charge in [0.15, 0.2) is 0 Å². The molecule has 1 unspecified atom stereocenters. The molecule has 2 N–H and O–H groups in total. The number of hydrogen-bond acceptors (Lipinski definition) is 4. The summed E-state index contributed by atoms with van der Waals surface area (Å²) in [4.78, 5) is 27.3. The summed E-state index contributed by atoms with van der Waals surface area (Å²) in [6.07, 6.45) is 2.01. The summed E-state index contributed by atoms with van der Waals surface area (Å²) in [5.41, 5.74) is 5.31. The molecule has 0 fully saturated rings. The third kappa shape index (κ3) is 3.42. The maximum absolute atomic E-state index is 12.0. The Labute approximate surface area is 133 Å². The maximum Gasteiger partial charge on any atom is 0.274 e. The highest BCUT2D eigenvalue weighted by Gasteiger charge is 2.21. The lowest BCUT2D eigenvalue weighted by Crippen LogP contribution is -2.31. The maximum atomic E-state index is 12.0. The second-order valence-corrected chi connectivity index (χ2v) is 5.38. The summed E-state index contributed by atoms with van der Waals surface area (Å²) in [5.74, 6) is -0.257. The molecular weight excluding hydrogens is 292 g/mol. The van der Waals surface area contributed by atoms with E-state index in [1.54, 1.807) is 24.4 Å². The summed E-state index contributed by atoms with van der Waals surface area (Å²) in [6.45, 7) is 1.97. The van der Waals surface area contributed by atoms with Gasteiger partial charge >= 0.3 is 0 Å². The standard InChI is InChI=1S/C17H16N4O2/c1-11-10-15(22)20-21-16(11)12-5-7-13(8-6-12)19-17(23)14-4-2-3-9-18-14/h2-9,11H,10H2,1H3,(H,19,23)(H,20,22). The Balaban J connectivity index is 1.73. The molecule has 0 aliphatic carbocycles. The van der Waals surface area contributed by atoms with Crippen molar-refractivity contribution >= 4 is 23.2 Å². The Kier molecular flexibility index (Phi) is 4.14. The number of carbonyl (C=O) groups excluding carboxylic acids is 2. The summed E-state index contributed by atoms with van der Waals surface area (Å²) in [7, 11) is 0. The van der Waals surface area contributed by atoms with E-state index in [0.29, 0.717) is 17.8 Å². The Morgan fingerprint density at radius 3 is 2.65 bits per heavy atom. The number of rotatable bonds is 3. The Hall–Kier alpha value is -3.02. The van der Waals surface area contributed by atoms with Crippen LogP contribution in [-0.2, 0) is 4.79 Å². The quantitative estimate of drug-likeness (QED) is 0.911. The second kappa shape index (κ2) is 6.39. The molecule has 1 aliphatic heterocycles. The topological polar surface area (TPSA) is 83.5 Å². The molecular formula is C17H16N4O2. The van der Waals surface area contributed by atoms with E-state index in [1.165, 1.54) is 0 Å².